The number of nitrogens with zero attached hydrogens (tertiary/aromatic N) is 2. The Hall–Kier alpha value is -2.69. The zero-order chi connectivity index (χ0) is 17.5. The first-order valence-electron chi connectivity index (χ1n) is 7.97. The van der Waals surface area contributed by atoms with Crippen molar-refractivity contribution in [2.24, 2.45) is 0 Å². The molecule has 1 unspecified atom stereocenters. The third-order valence-electron chi connectivity index (χ3n) is 3.80. The lowest BCUT2D eigenvalue weighted by molar-refractivity contribution is -0.136. The molecule has 5 heteroatoms. The Labute approximate surface area is 142 Å². The minimum Gasteiger partial charge on any atom is -0.345 e. The molecule has 24 heavy (non-hydrogen) atoms. The summed E-state index contributed by atoms with van der Waals surface area (Å²) in [6.07, 6.45) is 1.71. The lowest BCUT2D eigenvalue weighted by atomic mass is 10.1. The molecule has 0 spiro atoms. The molecule has 0 aliphatic heterocycles. The van der Waals surface area contributed by atoms with Crippen LogP contribution in [0.1, 0.15) is 30.7 Å². The summed E-state index contributed by atoms with van der Waals surface area (Å²) < 4.78 is 0. The molecule has 1 N–H and O–H groups in total. The molecule has 5 nitrogen and oxygen atoms in total. The van der Waals surface area contributed by atoms with Crippen LogP contribution in [0.4, 0.5) is 0 Å². The second kappa shape index (κ2) is 8.24. The van der Waals surface area contributed by atoms with Gasteiger partial charge in [0.25, 0.3) is 0 Å². The highest BCUT2D eigenvalue weighted by Crippen LogP contribution is 2.14. The Morgan fingerprint density at radius 3 is 2.46 bits per heavy atom. The maximum Gasteiger partial charge on any atom is 0.245 e. The van der Waals surface area contributed by atoms with Gasteiger partial charge in [0.15, 0.2) is 0 Å². The van der Waals surface area contributed by atoms with Crippen molar-refractivity contribution in [3.05, 3.63) is 65.5 Å². The van der Waals surface area contributed by atoms with Crippen LogP contribution in [0, 0.1) is 6.92 Å². The largest absolute Gasteiger partial charge is 0.345 e. The van der Waals surface area contributed by atoms with E-state index in [0.717, 1.165) is 16.8 Å². The zero-order valence-corrected chi connectivity index (χ0v) is 14.3. The van der Waals surface area contributed by atoms with E-state index in [9.17, 15) is 9.59 Å². The summed E-state index contributed by atoms with van der Waals surface area (Å²) in [5.74, 6) is -0.344. The van der Waals surface area contributed by atoms with E-state index >= 15 is 0 Å². The Bertz CT molecular complexity index is 701. The van der Waals surface area contributed by atoms with Gasteiger partial charge in [-0.1, -0.05) is 30.3 Å². The van der Waals surface area contributed by atoms with Crippen LogP contribution in [-0.2, 0) is 22.7 Å². The third-order valence-corrected chi connectivity index (χ3v) is 3.80. The van der Waals surface area contributed by atoms with E-state index in [2.05, 4.69) is 10.3 Å². The van der Waals surface area contributed by atoms with Crippen LogP contribution in [0.3, 0.4) is 0 Å². The molecular weight excluding hydrogens is 302 g/mol. The maximum absolute atomic E-state index is 12.8. The fourth-order valence-electron chi connectivity index (χ4n) is 2.53. The van der Waals surface area contributed by atoms with Gasteiger partial charge in [-0.05, 0) is 37.1 Å². The van der Waals surface area contributed by atoms with Gasteiger partial charge in [0, 0.05) is 19.7 Å². The summed E-state index contributed by atoms with van der Waals surface area (Å²) in [7, 11) is 0. The van der Waals surface area contributed by atoms with Gasteiger partial charge in [-0.3, -0.25) is 14.6 Å². The minimum atomic E-state index is -0.574. The van der Waals surface area contributed by atoms with Gasteiger partial charge >= 0.3 is 0 Å². The summed E-state index contributed by atoms with van der Waals surface area (Å²) in [6, 6.07) is 13.0. The summed E-state index contributed by atoms with van der Waals surface area (Å²) in [6.45, 7) is 6.02. The SMILES string of the molecule is CC(=O)NC(C)C(=O)N(Cc1ccccn1)Cc1ccccc1C. The number of hydrogen-bond acceptors (Lipinski definition) is 3. The van der Waals surface area contributed by atoms with E-state index in [0.29, 0.717) is 13.1 Å². The van der Waals surface area contributed by atoms with E-state index in [-0.39, 0.29) is 11.8 Å². The smallest absolute Gasteiger partial charge is 0.245 e. The van der Waals surface area contributed by atoms with Crippen molar-refractivity contribution in [2.45, 2.75) is 39.9 Å². The summed E-state index contributed by atoms with van der Waals surface area (Å²) in [4.78, 5) is 30.1. The number of benzene rings is 1. The van der Waals surface area contributed by atoms with E-state index < -0.39 is 6.04 Å². The number of nitrogens with one attached hydrogen (secondary N) is 1. The van der Waals surface area contributed by atoms with Crippen molar-refractivity contribution in [1.29, 1.82) is 0 Å². The summed E-state index contributed by atoms with van der Waals surface area (Å²) in [5.41, 5.74) is 3.02. The van der Waals surface area contributed by atoms with Crippen molar-refractivity contribution < 1.29 is 9.59 Å². The molecule has 1 aromatic heterocycles. The standard InChI is InChI=1S/C19H23N3O2/c1-14-8-4-5-9-17(14)12-22(13-18-10-6-7-11-20-18)19(24)15(2)21-16(3)23/h4-11,15H,12-13H2,1-3H3,(H,21,23). The number of hydrogen-bond donors (Lipinski definition) is 1. The van der Waals surface area contributed by atoms with Gasteiger partial charge < -0.3 is 10.2 Å². The van der Waals surface area contributed by atoms with E-state index in [1.807, 2.05) is 49.4 Å². The fraction of sp³-hybridized carbons (Fsp3) is 0.316. The number of aromatic nitrogens is 1. The van der Waals surface area contributed by atoms with Gasteiger partial charge in [-0.15, -0.1) is 0 Å². The predicted octanol–water partition coefficient (Wildman–Crippen LogP) is 2.44. The van der Waals surface area contributed by atoms with Gasteiger partial charge in [0.1, 0.15) is 6.04 Å². The minimum absolute atomic E-state index is 0.126. The summed E-state index contributed by atoms with van der Waals surface area (Å²) >= 11 is 0. The van der Waals surface area contributed by atoms with Gasteiger partial charge in [0.2, 0.25) is 11.8 Å². The molecule has 0 aliphatic rings. The van der Waals surface area contributed by atoms with Crippen molar-refractivity contribution in [3.8, 4) is 0 Å². The molecule has 0 saturated carbocycles. The summed E-state index contributed by atoms with van der Waals surface area (Å²) in [5, 5.41) is 2.66. The first-order valence-corrected chi connectivity index (χ1v) is 7.97. The van der Waals surface area contributed by atoms with Crippen molar-refractivity contribution >= 4 is 11.8 Å². The van der Waals surface area contributed by atoms with Crippen molar-refractivity contribution in [2.75, 3.05) is 0 Å². The van der Waals surface area contributed by atoms with E-state index in [1.54, 1.807) is 18.0 Å². The first-order chi connectivity index (χ1) is 11.5. The maximum atomic E-state index is 12.8. The van der Waals surface area contributed by atoms with Gasteiger partial charge in [0.05, 0.1) is 12.2 Å². The highest BCUT2D eigenvalue weighted by atomic mass is 16.2. The topological polar surface area (TPSA) is 62.3 Å². The van der Waals surface area contributed by atoms with Crippen LogP contribution >= 0.6 is 0 Å². The Balaban J connectivity index is 2.22. The lowest BCUT2D eigenvalue weighted by Gasteiger charge is -2.26. The lowest BCUT2D eigenvalue weighted by Crippen LogP contribution is -2.45. The molecule has 2 aromatic rings. The molecule has 126 valence electrons. The van der Waals surface area contributed by atoms with Crippen LogP contribution < -0.4 is 5.32 Å². The average Bonchev–Trinajstić information content (AvgIpc) is 2.56. The van der Waals surface area contributed by atoms with Crippen LogP contribution in [0.2, 0.25) is 0 Å². The highest BCUT2D eigenvalue weighted by molar-refractivity contribution is 5.86. The van der Waals surface area contributed by atoms with Crippen molar-refractivity contribution in [1.82, 2.24) is 15.2 Å². The molecule has 1 aromatic carbocycles. The van der Waals surface area contributed by atoms with E-state index in [4.69, 9.17) is 0 Å². The molecule has 1 heterocycles. The molecule has 2 rings (SSSR count). The predicted molar refractivity (Wildman–Crippen MR) is 92.9 cm³/mol. The highest BCUT2D eigenvalue weighted by Gasteiger charge is 2.22. The van der Waals surface area contributed by atoms with Crippen molar-refractivity contribution in [3.63, 3.8) is 0 Å². The number of aryl methyl sites for hydroxylation is 1. The van der Waals surface area contributed by atoms with Crippen LogP contribution in [0.5, 0.6) is 0 Å². The molecule has 0 radical (unpaired) electrons. The molecular formula is C19H23N3O2. The number of carbonyl (C=O) groups is 2. The normalized spacial score (nSPS) is 11.6. The quantitative estimate of drug-likeness (QED) is 0.887. The zero-order valence-electron chi connectivity index (χ0n) is 14.3. The van der Waals surface area contributed by atoms with E-state index in [1.165, 1.54) is 6.92 Å². The number of carbonyl (C=O) groups excluding carboxylic acids is 2. The Morgan fingerprint density at radius 2 is 1.83 bits per heavy atom. The van der Waals surface area contributed by atoms with Crippen LogP contribution in [-0.4, -0.2) is 27.7 Å². The molecule has 0 bridgehead atoms. The number of amides is 2. The molecule has 0 saturated heterocycles. The Kier molecular flexibility index (Phi) is 6.07. The molecule has 1 atom stereocenters. The van der Waals surface area contributed by atoms with Crippen LogP contribution in [0.15, 0.2) is 48.7 Å². The van der Waals surface area contributed by atoms with Gasteiger partial charge in [-0.25, -0.2) is 0 Å². The number of pyridine rings is 1. The molecule has 0 fully saturated rings. The average molecular weight is 325 g/mol. The second-order valence-electron chi connectivity index (χ2n) is 5.86. The third kappa shape index (κ3) is 4.91. The van der Waals surface area contributed by atoms with Crippen LogP contribution in [0.25, 0.3) is 0 Å². The Morgan fingerprint density at radius 1 is 1.12 bits per heavy atom. The molecule has 2 amide bonds. The fourth-order valence-corrected chi connectivity index (χ4v) is 2.53. The second-order valence-corrected chi connectivity index (χ2v) is 5.86. The molecule has 0 aliphatic carbocycles. The van der Waals surface area contributed by atoms with Gasteiger partial charge in [-0.2, -0.15) is 0 Å². The first kappa shape index (κ1) is 17.7. The number of rotatable bonds is 6. The monoisotopic (exact) mass is 325 g/mol.